The van der Waals surface area contributed by atoms with E-state index in [1.807, 2.05) is 0 Å². The number of halogens is 2. The molecule has 1 heterocycles. The van der Waals surface area contributed by atoms with Crippen LogP contribution >= 0.6 is 15.9 Å². The van der Waals surface area contributed by atoms with Crippen LogP contribution in [-0.2, 0) is 5.33 Å². The lowest BCUT2D eigenvalue weighted by molar-refractivity contribution is 0.614. The quantitative estimate of drug-likeness (QED) is 0.772. The average molecular weight is 256 g/mol. The van der Waals surface area contributed by atoms with Crippen molar-refractivity contribution in [1.29, 1.82) is 0 Å². The van der Waals surface area contributed by atoms with Crippen LogP contribution in [0.1, 0.15) is 5.56 Å². The van der Waals surface area contributed by atoms with E-state index < -0.39 is 0 Å². The molecule has 0 radical (unpaired) electrons. The molecule has 2 rings (SSSR count). The van der Waals surface area contributed by atoms with Crippen LogP contribution in [0.5, 0.6) is 0 Å². The van der Waals surface area contributed by atoms with Crippen LogP contribution in [0.2, 0.25) is 0 Å². The van der Waals surface area contributed by atoms with Crippen LogP contribution in [0.4, 0.5) is 4.39 Å². The van der Waals surface area contributed by atoms with Crippen LogP contribution < -0.4 is 0 Å². The molecule has 1 aromatic carbocycles. The fourth-order valence-electron chi connectivity index (χ4n) is 1.23. The van der Waals surface area contributed by atoms with Crippen molar-refractivity contribution < 1.29 is 4.39 Å². The van der Waals surface area contributed by atoms with Crippen molar-refractivity contribution in [2.45, 2.75) is 5.33 Å². The van der Waals surface area contributed by atoms with E-state index in [-0.39, 0.29) is 5.82 Å². The minimum absolute atomic E-state index is 0.241. The predicted octanol–water partition coefficient (Wildman–Crippen LogP) is 2.30. The lowest BCUT2D eigenvalue weighted by Gasteiger charge is -2.06. The van der Waals surface area contributed by atoms with Crippen molar-refractivity contribution in [3.8, 4) is 5.69 Å². The summed E-state index contributed by atoms with van der Waals surface area (Å²) in [6.07, 6.45) is 2.96. The van der Waals surface area contributed by atoms with Crippen LogP contribution in [0.15, 0.2) is 30.9 Å². The first-order valence-electron chi connectivity index (χ1n) is 4.01. The summed E-state index contributed by atoms with van der Waals surface area (Å²) in [7, 11) is 0. The Morgan fingerprint density at radius 3 is 2.93 bits per heavy atom. The molecule has 0 unspecified atom stereocenters. The molecule has 3 nitrogen and oxygen atoms in total. The molecule has 72 valence electrons. The molecule has 0 amide bonds. The number of aromatic nitrogens is 3. The van der Waals surface area contributed by atoms with Gasteiger partial charge in [-0.25, -0.2) is 14.1 Å². The van der Waals surface area contributed by atoms with Crippen molar-refractivity contribution >= 4 is 15.9 Å². The Labute approximate surface area is 88.7 Å². The van der Waals surface area contributed by atoms with Crippen molar-refractivity contribution in [2.24, 2.45) is 0 Å². The molecule has 0 aliphatic heterocycles. The SMILES string of the molecule is Fc1cccc(-n2cncn2)c1CBr. The molecule has 5 heteroatoms. The van der Waals surface area contributed by atoms with E-state index in [0.717, 1.165) is 0 Å². The Bertz CT molecular complexity index is 428. The highest BCUT2D eigenvalue weighted by Gasteiger charge is 2.08. The van der Waals surface area contributed by atoms with Gasteiger partial charge >= 0.3 is 0 Å². The van der Waals surface area contributed by atoms with Crippen LogP contribution in [0.25, 0.3) is 5.69 Å². The molecule has 0 atom stereocenters. The van der Waals surface area contributed by atoms with Crippen LogP contribution in [0.3, 0.4) is 0 Å². The third-order valence-corrected chi connectivity index (χ3v) is 2.45. The van der Waals surface area contributed by atoms with Gasteiger partial charge in [0, 0.05) is 10.9 Å². The summed E-state index contributed by atoms with van der Waals surface area (Å²) in [6.45, 7) is 0. The zero-order valence-corrected chi connectivity index (χ0v) is 8.78. The second kappa shape index (κ2) is 3.88. The highest BCUT2D eigenvalue weighted by Crippen LogP contribution is 2.19. The van der Waals surface area contributed by atoms with Crippen LogP contribution in [-0.4, -0.2) is 14.8 Å². The van der Waals surface area contributed by atoms with Gasteiger partial charge in [-0.15, -0.1) is 0 Å². The summed E-state index contributed by atoms with van der Waals surface area (Å²) in [6, 6.07) is 4.88. The van der Waals surface area contributed by atoms with Gasteiger partial charge in [0.2, 0.25) is 0 Å². The van der Waals surface area contributed by atoms with E-state index in [4.69, 9.17) is 0 Å². The Morgan fingerprint density at radius 2 is 2.29 bits per heavy atom. The molecule has 2 aromatic rings. The van der Waals surface area contributed by atoms with Gasteiger partial charge in [0.15, 0.2) is 0 Å². The summed E-state index contributed by atoms with van der Waals surface area (Å²) in [4.78, 5) is 3.82. The van der Waals surface area contributed by atoms with Gasteiger partial charge < -0.3 is 0 Å². The lowest BCUT2D eigenvalue weighted by atomic mass is 10.2. The van der Waals surface area contributed by atoms with E-state index in [9.17, 15) is 4.39 Å². The Morgan fingerprint density at radius 1 is 1.43 bits per heavy atom. The molecule has 0 N–H and O–H groups in total. The van der Waals surface area contributed by atoms with E-state index in [1.54, 1.807) is 23.1 Å². The Kier molecular flexibility index (Phi) is 2.58. The minimum Gasteiger partial charge on any atom is -0.223 e. The van der Waals surface area contributed by atoms with E-state index in [2.05, 4.69) is 26.0 Å². The molecule has 0 saturated carbocycles. The molecule has 0 aliphatic rings. The summed E-state index contributed by atoms with van der Waals surface area (Å²) in [5, 5.41) is 4.41. The second-order valence-corrected chi connectivity index (χ2v) is 3.27. The molecule has 0 bridgehead atoms. The topological polar surface area (TPSA) is 30.7 Å². The standard InChI is InChI=1S/C9H7BrFN3/c10-4-7-8(11)2-1-3-9(7)14-6-12-5-13-14/h1-3,5-6H,4H2. The highest BCUT2D eigenvalue weighted by molar-refractivity contribution is 9.08. The maximum atomic E-state index is 13.4. The Balaban J connectivity index is 2.58. The van der Waals surface area contributed by atoms with Crippen LogP contribution in [0, 0.1) is 5.82 Å². The zero-order chi connectivity index (χ0) is 9.97. The van der Waals surface area contributed by atoms with E-state index in [0.29, 0.717) is 16.6 Å². The average Bonchev–Trinajstić information content (AvgIpc) is 2.70. The smallest absolute Gasteiger partial charge is 0.138 e. The molecule has 0 aliphatic carbocycles. The van der Waals surface area contributed by atoms with Gasteiger partial charge in [0.05, 0.1) is 5.69 Å². The lowest BCUT2D eigenvalue weighted by Crippen LogP contribution is -2.00. The van der Waals surface area contributed by atoms with Gasteiger partial charge in [0.1, 0.15) is 18.5 Å². The molecule has 0 spiro atoms. The van der Waals surface area contributed by atoms with Gasteiger partial charge in [-0.1, -0.05) is 22.0 Å². The summed E-state index contributed by atoms with van der Waals surface area (Å²) < 4.78 is 14.9. The third kappa shape index (κ3) is 1.55. The third-order valence-electron chi connectivity index (χ3n) is 1.89. The van der Waals surface area contributed by atoms with E-state index in [1.165, 1.54) is 12.4 Å². The first kappa shape index (κ1) is 9.33. The van der Waals surface area contributed by atoms with Crippen molar-refractivity contribution in [3.05, 3.63) is 42.2 Å². The predicted molar refractivity (Wildman–Crippen MR) is 53.9 cm³/mol. The normalized spacial score (nSPS) is 10.4. The molecule has 0 fully saturated rings. The van der Waals surface area contributed by atoms with E-state index >= 15 is 0 Å². The van der Waals surface area contributed by atoms with Gasteiger partial charge in [-0.3, -0.25) is 0 Å². The van der Waals surface area contributed by atoms with Gasteiger partial charge in [-0.2, -0.15) is 5.10 Å². The molecule has 14 heavy (non-hydrogen) atoms. The molecule has 0 saturated heterocycles. The number of hydrogen-bond acceptors (Lipinski definition) is 2. The zero-order valence-electron chi connectivity index (χ0n) is 7.19. The first-order valence-corrected chi connectivity index (χ1v) is 5.13. The van der Waals surface area contributed by atoms with Crippen molar-refractivity contribution in [1.82, 2.24) is 14.8 Å². The number of rotatable bonds is 2. The molecule has 1 aromatic heterocycles. The largest absolute Gasteiger partial charge is 0.223 e. The first-order chi connectivity index (χ1) is 6.83. The second-order valence-electron chi connectivity index (χ2n) is 2.71. The maximum Gasteiger partial charge on any atom is 0.138 e. The fraction of sp³-hybridized carbons (Fsp3) is 0.111. The fourth-order valence-corrected chi connectivity index (χ4v) is 1.78. The summed E-state index contributed by atoms with van der Waals surface area (Å²) in [5.41, 5.74) is 1.29. The van der Waals surface area contributed by atoms with Gasteiger partial charge in [-0.05, 0) is 12.1 Å². The molecular formula is C9H7BrFN3. The number of benzene rings is 1. The number of hydrogen-bond donors (Lipinski definition) is 0. The maximum absolute atomic E-state index is 13.4. The highest BCUT2D eigenvalue weighted by atomic mass is 79.9. The summed E-state index contributed by atoms with van der Waals surface area (Å²) in [5.74, 6) is -0.241. The Hall–Kier alpha value is -1.23. The monoisotopic (exact) mass is 255 g/mol. The number of nitrogens with zero attached hydrogens (tertiary/aromatic N) is 3. The summed E-state index contributed by atoms with van der Waals surface area (Å²) >= 11 is 3.24. The molecular weight excluding hydrogens is 249 g/mol. The van der Waals surface area contributed by atoms with Gasteiger partial charge in [0.25, 0.3) is 0 Å². The minimum atomic E-state index is -0.241. The number of alkyl halides is 1. The van der Waals surface area contributed by atoms with Crippen molar-refractivity contribution in [3.63, 3.8) is 0 Å². The van der Waals surface area contributed by atoms with Crippen molar-refractivity contribution in [2.75, 3.05) is 0 Å².